The van der Waals surface area contributed by atoms with Crippen LogP contribution in [0.3, 0.4) is 0 Å². The third-order valence-corrected chi connectivity index (χ3v) is 9.23. The van der Waals surface area contributed by atoms with Crippen LogP contribution in [0.2, 0.25) is 17.6 Å². The largest absolute Gasteiger partial charge is 0.420 e. The highest BCUT2D eigenvalue weighted by Crippen LogP contribution is 2.36. The van der Waals surface area contributed by atoms with Crippen molar-refractivity contribution in [2.75, 3.05) is 7.11 Å². The van der Waals surface area contributed by atoms with Gasteiger partial charge in [-0.2, -0.15) is 0 Å². The summed E-state index contributed by atoms with van der Waals surface area (Å²) in [4.78, 5) is 0. The fourth-order valence-electron chi connectivity index (χ4n) is 1.70. The van der Waals surface area contributed by atoms with Crippen LogP contribution in [0.5, 0.6) is 0 Å². The third kappa shape index (κ3) is 2.33. The standard InChI is InChI=1S/C10H24OSi/c1-7-9(3)12(6,11-5)10(4)8-2/h9-10H,7-8H2,1-6H3. The molecule has 0 spiro atoms. The Balaban J connectivity index is 4.42. The quantitative estimate of drug-likeness (QED) is 0.596. The van der Waals surface area contributed by atoms with Crippen LogP contribution in [0.4, 0.5) is 0 Å². The number of hydrogen-bond donors (Lipinski definition) is 0. The highest BCUT2D eigenvalue weighted by molar-refractivity contribution is 6.75. The van der Waals surface area contributed by atoms with Gasteiger partial charge in [-0.25, -0.2) is 0 Å². The smallest absolute Gasteiger partial charge is 0.194 e. The summed E-state index contributed by atoms with van der Waals surface area (Å²) in [6.07, 6.45) is 2.50. The molecule has 0 N–H and O–H groups in total. The predicted molar refractivity (Wildman–Crippen MR) is 58.1 cm³/mol. The second-order valence-electron chi connectivity index (χ2n) is 4.01. The molecule has 0 aromatic rings. The molecule has 0 aromatic carbocycles. The molecule has 2 atom stereocenters. The molecule has 0 heterocycles. The first-order chi connectivity index (χ1) is 5.52. The summed E-state index contributed by atoms with van der Waals surface area (Å²) in [5, 5.41) is 0. The molecule has 0 fully saturated rings. The molecule has 0 aliphatic heterocycles. The van der Waals surface area contributed by atoms with E-state index in [2.05, 4.69) is 34.2 Å². The van der Waals surface area contributed by atoms with Gasteiger partial charge in [-0.05, 0) is 17.6 Å². The van der Waals surface area contributed by atoms with Gasteiger partial charge in [0.2, 0.25) is 0 Å². The van der Waals surface area contributed by atoms with E-state index >= 15 is 0 Å². The van der Waals surface area contributed by atoms with E-state index in [1.54, 1.807) is 0 Å². The average Bonchev–Trinajstić information content (AvgIpc) is 2.13. The molecule has 0 saturated carbocycles. The Morgan fingerprint density at radius 1 is 1.08 bits per heavy atom. The molecule has 0 aromatic heterocycles. The molecule has 0 saturated heterocycles. The van der Waals surface area contributed by atoms with Crippen molar-refractivity contribution in [3.63, 3.8) is 0 Å². The van der Waals surface area contributed by atoms with Crippen LogP contribution in [-0.2, 0) is 4.43 Å². The van der Waals surface area contributed by atoms with Gasteiger partial charge in [-0.3, -0.25) is 0 Å². The molecular weight excluding hydrogens is 164 g/mol. The van der Waals surface area contributed by atoms with E-state index in [0.717, 1.165) is 11.1 Å². The molecule has 0 aliphatic carbocycles. The van der Waals surface area contributed by atoms with Gasteiger partial charge in [0.05, 0.1) is 0 Å². The maximum Gasteiger partial charge on any atom is 0.194 e. The third-order valence-electron chi connectivity index (χ3n) is 3.62. The zero-order valence-corrected chi connectivity index (χ0v) is 10.5. The van der Waals surface area contributed by atoms with E-state index < -0.39 is 8.32 Å². The van der Waals surface area contributed by atoms with Crippen molar-refractivity contribution in [3.8, 4) is 0 Å². The van der Waals surface area contributed by atoms with Crippen molar-refractivity contribution in [1.29, 1.82) is 0 Å². The van der Waals surface area contributed by atoms with Crippen LogP contribution in [0.1, 0.15) is 40.5 Å². The van der Waals surface area contributed by atoms with Crippen molar-refractivity contribution < 1.29 is 4.43 Å². The second-order valence-corrected chi connectivity index (χ2v) is 8.75. The van der Waals surface area contributed by atoms with Crippen LogP contribution in [0.15, 0.2) is 0 Å². The minimum Gasteiger partial charge on any atom is -0.420 e. The average molecular weight is 188 g/mol. The molecular formula is C10H24OSi. The van der Waals surface area contributed by atoms with Gasteiger partial charge >= 0.3 is 0 Å². The lowest BCUT2D eigenvalue weighted by atomic mass is 10.3. The van der Waals surface area contributed by atoms with Gasteiger partial charge in [-0.1, -0.05) is 40.5 Å². The van der Waals surface area contributed by atoms with Crippen molar-refractivity contribution >= 4 is 8.32 Å². The summed E-state index contributed by atoms with van der Waals surface area (Å²) in [7, 11) is 0.463. The number of hydrogen-bond acceptors (Lipinski definition) is 1. The summed E-state index contributed by atoms with van der Waals surface area (Å²) >= 11 is 0. The molecule has 74 valence electrons. The maximum absolute atomic E-state index is 5.78. The van der Waals surface area contributed by atoms with E-state index in [-0.39, 0.29) is 0 Å². The van der Waals surface area contributed by atoms with Gasteiger partial charge in [0.1, 0.15) is 0 Å². The van der Waals surface area contributed by atoms with E-state index in [1.165, 1.54) is 12.8 Å². The Morgan fingerprint density at radius 2 is 1.42 bits per heavy atom. The van der Waals surface area contributed by atoms with Gasteiger partial charge in [0, 0.05) is 7.11 Å². The predicted octanol–water partition coefficient (Wildman–Crippen LogP) is 3.81. The summed E-state index contributed by atoms with van der Waals surface area (Å²) in [5.74, 6) is 0. The summed E-state index contributed by atoms with van der Waals surface area (Å²) in [6, 6.07) is 0. The topological polar surface area (TPSA) is 9.23 Å². The van der Waals surface area contributed by atoms with Crippen LogP contribution >= 0.6 is 0 Å². The Bertz CT molecular complexity index is 115. The van der Waals surface area contributed by atoms with Crippen molar-refractivity contribution in [1.82, 2.24) is 0 Å². The highest BCUT2D eigenvalue weighted by Gasteiger charge is 2.38. The van der Waals surface area contributed by atoms with Gasteiger partial charge < -0.3 is 4.43 Å². The molecule has 0 rings (SSSR count). The second kappa shape index (κ2) is 5.03. The Morgan fingerprint density at radius 3 is 1.58 bits per heavy atom. The van der Waals surface area contributed by atoms with Gasteiger partial charge in [0.25, 0.3) is 0 Å². The van der Waals surface area contributed by atoms with E-state index in [0.29, 0.717) is 0 Å². The van der Waals surface area contributed by atoms with Crippen LogP contribution in [-0.4, -0.2) is 15.4 Å². The fourth-order valence-corrected chi connectivity index (χ4v) is 5.10. The first-order valence-electron chi connectivity index (χ1n) is 5.08. The molecule has 0 aliphatic rings. The Kier molecular flexibility index (Phi) is 5.10. The van der Waals surface area contributed by atoms with Crippen molar-refractivity contribution in [3.05, 3.63) is 0 Å². The lowest BCUT2D eigenvalue weighted by Crippen LogP contribution is -2.41. The first kappa shape index (κ1) is 12.2. The zero-order chi connectivity index (χ0) is 9.78. The summed E-state index contributed by atoms with van der Waals surface area (Å²) < 4.78 is 5.78. The molecule has 0 bridgehead atoms. The SMILES string of the molecule is CCC(C)[Si](C)(OC)C(C)CC. The van der Waals surface area contributed by atoms with Gasteiger partial charge in [-0.15, -0.1) is 0 Å². The maximum atomic E-state index is 5.78. The zero-order valence-electron chi connectivity index (χ0n) is 9.48. The fraction of sp³-hybridized carbons (Fsp3) is 1.00. The molecule has 2 heteroatoms. The normalized spacial score (nSPS) is 21.5. The van der Waals surface area contributed by atoms with E-state index in [4.69, 9.17) is 4.43 Å². The summed E-state index contributed by atoms with van der Waals surface area (Å²) in [5.41, 5.74) is 1.55. The van der Waals surface area contributed by atoms with Crippen LogP contribution in [0.25, 0.3) is 0 Å². The van der Waals surface area contributed by atoms with Crippen molar-refractivity contribution in [2.45, 2.75) is 58.2 Å². The minimum absolute atomic E-state index is 0.775. The van der Waals surface area contributed by atoms with Crippen LogP contribution in [0, 0.1) is 0 Å². The lowest BCUT2D eigenvalue weighted by Gasteiger charge is -2.36. The number of rotatable bonds is 5. The Labute approximate surface area is 78.6 Å². The molecule has 0 amide bonds. The molecule has 12 heavy (non-hydrogen) atoms. The monoisotopic (exact) mass is 188 g/mol. The Hall–Kier alpha value is 0.177. The van der Waals surface area contributed by atoms with Crippen molar-refractivity contribution in [2.24, 2.45) is 0 Å². The molecule has 0 radical (unpaired) electrons. The molecule has 1 nitrogen and oxygen atoms in total. The lowest BCUT2D eigenvalue weighted by molar-refractivity contribution is 0.369. The van der Waals surface area contributed by atoms with E-state index in [1.807, 2.05) is 7.11 Å². The van der Waals surface area contributed by atoms with E-state index in [9.17, 15) is 0 Å². The minimum atomic E-state index is -1.43. The highest BCUT2D eigenvalue weighted by atomic mass is 28.4. The summed E-state index contributed by atoms with van der Waals surface area (Å²) in [6.45, 7) is 11.6. The first-order valence-corrected chi connectivity index (χ1v) is 7.64. The molecule has 2 unspecified atom stereocenters. The van der Waals surface area contributed by atoms with Crippen LogP contribution < -0.4 is 0 Å². The van der Waals surface area contributed by atoms with Gasteiger partial charge in [0.15, 0.2) is 8.32 Å².